The number of carbonyl (C=O) groups excluding carboxylic acids is 1. The maximum Gasteiger partial charge on any atom is 0.254 e. The third-order valence-electron chi connectivity index (χ3n) is 3.06. The monoisotopic (exact) mass is 357 g/mol. The van der Waals surface area contributed by atoms with Gasteiger partial charge in [0.2, 0.25) is 0 Å². The lowest BCUT2D eigenvalue weighted by molar-refractivity contribution is 0.0772. The molecule has 4 nitrogen and oxygen atoms in total. The van der Waals surface area contributed by atoms with Crippen molar-refractivity contribution in [3.8, 4) is 11.5 Å². The molecule has 0 aliphatic rings. The van der Waals surface area contributed by atoms with E-state index in [0.29, 0.717) is 43.4 Å². The van der Waals surface area contributed by atoms with Crippen LogP contribution >= 0.6 is 15.9 Å². The number of rotatable bonds is 8. The number of ether oxygens (including phenoxy) is 2. The molecule has 1 aromatic carbocycles. The van der Waals surface area contributed by atoms with Gasteiger partial charge in [0, 0.05) is 18.7 Å². The zero-order valence-corrected chi connectivity index (χ0v) is 14.8. The van der Waals surface area contributed by atoms with Gasteiger partial charge in [0.15, 0.2) is 11.5 Å². The summed E-state index contributed by atoms with van der Waals surface area (Å²) < 4.78 is 12.1. The van der Waals surface area contributed by atoms with Gasteiger partial charge in [0.05, 0.1) is 17.7 Å². The van der Waals surface area contributed by atoms with Crippen molar-refractivity contribution in [3.63, 3.8) is 0 Å². The molecule has 0 saturated heterocycles. The summed E-state index contributed by atoms with van der Waals surface area (Å²) in [4.78, 5) is 14.2. The molecule has 0 fully saturated rings. The predicted molar refractivity (Wildman–Crippen MR) is 88.3 cm³/mol. The van der Waals surface area contributed by atoms with Gasteiger partial charge in [0.1, 0.15) is 0 Å². The summed E-state index contributed by atoms with van der Waals surface area (Å²) in [6.45, 7) is 10.4. The summed E-state index contributed by atoms with van der Waals surface area (Å²) in [5, 5.41) is 0. The summed E-state index contributed by atoms with van der Waals surface area (Å²) in [5.41, 5.74) is 0.609. The van der Waals surface area contributed by atoms with E-state index in [9.17, 15) is 4.79 Å². The van der Waals surface area contributed by atoms with Crippen LogP contribution in [0, 0.1) is 0 Å². The molecule has 0 heterocycles. The van der Waals surface area contributed by atoms with E-state index < -0.39 is 0 Å². The zero-order valence-electron chi connectivity index (χ0n) is 13.2. The lowest BCUT2D eigenvalue weighted by atomic mass is 10.1. The van der Waals surface area contributed by atoms with Crippen LogP contribution in [-0.4, -0.2) is 37.1 Å². The zero-order chi connectivity index (χ0) is 15.8. The SMILES string of the molecule is CCCOc1c(Br)cc(C(=O)N(CC)CC)cc1OCC. The first kappa shape index (κ1) is 17.8. The molecule has 1 amide bonds. The third-order valence-corrected chi connectivity index (χ3v) is 3.65. The van der Waals surface area contributed by atoms with Crippen molar-refractivity contribution < 1.29 is 14.3 Å². The van der Waals surface area contributed by atoms with E-state index >= 15 is 0 Å². The fourth-order valence-electron chi connectivity index (χ4n) is 1.99. The molecule has 0 unspecified atom stereocenters. The Morgan fingerprint density at radius 3 is 2.33 bits per heavy atom. The minimum absolute atomic E-state index is 0.00342. The summed E-state index contributed by atoms with van der Waals surface area (Å²) in [5.74, 6) is 1.27. The highest BCUT2D eigenvalue weighted by Crippen LogP contribution is 2.37. The fraction of sp³-hybridized carbons (Fsp3) is 0.562. The van der Waals surface area contributed by atoms with E-state index in [1.807, 2.05) is 27.7 Å². The van der Waals surface area contributed by atoms with Crippen molar-refractivity contribution in [1.29, 1.82) is 0 Å². The molecule has 0 aliphatic heterocycles. The smallest absolute Gasteiger partial charge is 0.254 e. The van der Waals surface area contributed by atoms with Crippen LogP contribution in [0.5, 0.6) is 11.5 Å². The molecule has 118 valence electrons. The lowest BCUT2D eigenvalue weighted by Crippen LogP contribution is -2.30. The van der Waals surface area contributed by atoms with Gasteiger partial charge >= 0.3 is 0 Å². The molecule has 0 aliphatic carbocycles. The minimum Gasteiger partial charge on any atom is -0.490 e. The van der Waals surface area contributed by atoms with Crippen LogP contribution in [0.15, 0.2) is 16.6 Å². The Labute approximate surface area is 135 Å². The van der Waals surface area contributed by atoms with E-state index in [2.05, 4.69) is 15.9 Å². The van der Waals surface area contributed by atoms with Crippen molar-refractivity contribution in [2.24, 2.45) is 0 Å². The molecule has 0 bridgehead atoms. The van der Waals surface area contributed by atoms with Gasteiger partial charge in [-0.15, -0.1) is 0 Å². The van der Waals surface area contributed by atoms with Crippen molar-refractivity contribution >= 4 is 21.8 Å². The normalized spacial score (nSPS) is 10.3. The fourth-order valence-corrected chi connectivity index (χ4v) is 2.55. The highest BCUT2D eigenvalue weighted by molar-refractivity contribution is 9.10. The van der Waals surface area contributed by atoms with Crippen molar-refractivity contribution in [2.75, 3.05) is 26.3 Å². The maximum atomic E-state index is 12.4. The van der Waals surface area contributed by atoms with Crippen LogP contribution in [0.3, 0.4) is 0 Å². The maximum absolute atomic E-state index is 12.4. The van der Waals surface area contributed by atoms with Gasteiger partial charge in [-0.2, -0.15) is 0 Å². The minimum atomic E-state index is 0.00342. The van der Waals surface area contributed by atoms with Crippen LogP contribution in [-0.2, 0) is 0 Å². The summed E-state index contributed by atoms with van der Waals surface area (Å²) in [6.07, 6.45) is 0.915. The van der Waals surface area contributed by atoms with Gasteiger partial charge in [-0.3, -0.25) is 4.79 Å². The van der Waals surface area contributed by atoms with Crippen LogP contribution in [0.4, 0.5) is 0 Å². The number of nitrogens with zero attached hydrogens (tertiary/aromatic N) is 1. The second-order valence-electron chi connectivity index (χ2n) is 4.54. The Kier molecular flexibility index (Phi) is 7.57. The first-order valence-corrected chi connectivity index (χ1v) is 8.26. The topological polar surface area (TPSA) is 38.8 Å². The van der Waals surface area contributed by atoms with E-state index in [4.69, 9.17) is 9.47 Å². The first-order chi connectivity index (χ1) is 10.1. The van der Waals surface area contributed by atoms with Crippen LogP contribution in [0.25, 0.3) is 0 Å². The molecule has 1 rings (SSSR count). The van der Waals surface area contributed by atoms with Crippen LogP contribution in [0.1, 0.15) is 44.5 Å². The quantitative estimate of drug-likeness (QED) is 0.702. The number of hydrogen-bond acceptors (Lipinski definition) is 3. The molecule has 0 aromatic heterocycles. The molecule has 0 N–H and O–H groups in total. The van der Waals surface area contributed by atoms with Crippen LogP contribution in [0.2, 0.25) is 0 Å². The number of halogens is 1. The van der Waals surface area contributed by atoms with E-state index in [1.54, 1.807) is 17.0 Å². The second kappa shape index (κ2) is 8.93. The van der Waals surface area contributed by atoms with Gasteiger partial charge < -0.3 is 14.4 Å². The predicted octanol–water partition coefficient (Wildman–Crippen LogP) is 4.12. The lowest BCUT2D eigenvalue weighted by Gasteiger charge is -2.20. The summed E-state index contributed by atoms with van der Waals surface area (Å²) in [6, 6.07) is 3.56. The molecule has 0 saturated carbocycles. The number of hydrogen-bond donors (Lipinski definition) is 0. The first-order valence-electron chi connectivity index (χ1n) is 7.47. The van der Waals surface area contributed by atoms with Crippen molar-refractivity contribution in [3.05, 3.63) is 22.2 Å². The van der Waals surface area contributed by atoms with Crippen molar-refractivity contribution in [1.82, 2.24) is 4.90 Å². The Bertz CT molecular complexity index is 473. The molecule has 0 atom stereocenters. The molecule has 21 heavy (non-hydrogen) atoms. The summed E-state index contributed by atoms with van der Waals surface area (Å²) >= 11 is 3.48. The average molecular weight is 358 g/mol. The van der Waals surface area contributed by atoms with E-state index in [1.165, 1.54) is 0 Å². The van der Waals surface area contributed by atoms with Crippen molar-refractivity contribution in [2.45, 2.75) is 34.1 Å². The Morgan fingerprint density at radius 1 is 1.14 bits per heavy atom. The van der Waals surface area contributed by atoms with Gasteiger partial charge in [-0.25, -0.2) is 0 Å². The Hall–Kier alpha value is -1.23. The Balaban J connectivity index is 3.16. The highest BCUT2D eigenvalue weighted by atomic mass is 79.9. The number of benzene rings is 1. The van der Waals surface area contributed by atoms with Gasteiger partial charge in [0.25, 0.3) is 5.91 Å². The third kappa shape index (κ3) is 4.63. The largest absolute Gasteiger partial charge is 0.490 e. The molecule has 0 radical (unpaired) electrons. The number of carbonyl (C=O) groups is 1. The second-order valence-corrected chi connectivity index (χ2v) is 5.40. The molecule has 0 spiro atoms. The van der Waals surface area contributed by atoms with Crippen LogP contribution < -0.4 is 9.47 Å². The Morgan fingerprint density at radius 2 is 1.81 bits per heavy atom. The molecule has 5 heteroatoms. The number of amides is 1. The van der Waals surface area contributed by atoms with Gasteiger partial charge in [-0.1, -0.05) is 6.92 Å². The van der Waals surface area contributed by atoms with Gasteiger partial charge in [-0.05, 0) is 55.3 Å². The molecular weight excluding hydrogens is 334 g/mol. The standard InChI is InChI=1S/C16H24BrNO3/c1-5-9-21-15-13(17)10-12(11-14(15)20-8-4)16(19)18(6-2)7-3/h10-11H,5-9H2,1-4H3. The highest BCUT2D eigenvalue weighted by Gasteiger charge is 2.18. The average Bonchev–Trinajstić information content (AvgIpc) is 2.47. The molecular formula is C16H24BrNO3. The summed E-state index contributed by atoms with van der Waals surface area (Å²) in [7, 11) is 0. The molecule has 1 aromatic rings. The van der Waals surface area contributed by atoms with E-state index in [-0.39, 0.29) is 5.91 Å². The van der Waals surface area contributed by atoms with E-state index in [0.717, 1.165) is 10.9 Å².